The lowest BCUT2D eigenvalue weighted by molar-refractivity contribution is -0.138. The maximum absolute atomic E-state index is 13.2. The largest absolute Gasteiger partial charge is 0.381 e. The van der Waals surface area contributed by atoms with Crippen LogP contribution in [0, 0.1) is 11.3 Å². The van der Waals surface area contributed by atoms with Crippen molar-refractivity contribution in [3.8, 4) is 6.07 Å². The van der Waals surface area contributed by atoms with Crippen molar-refractivity contribution in [1.29, 1.82) is 5.26 Å². The number of amides is 1. The molecule has 3 heterocycles. The first kappa shape index (κ1) is 35.1. The number of ether oxygens (including phenoxy) is 1. The minimum absolute atomic E-state index is 0.00283. The number of ketones is 1. The van der Waals surface area contributed by atoms with E-state index in [2.05, 4.69) is 48.2 Å². The number of nitrogens with zero attached hydrogens (tertiary/aromatic N) is 6. The van der Waals surface area contributed by atoms with Crippen LogP contribution in [0.3, 0.4) is 0 Å². The second-order valence-corrected chi connectivity index (χ2v) is 10.7. The molecule has 0 radical (unpaired) electrons. The van der Waals surface area contributed by atoms with Gasteiger partial charge in [-0.25, -0.2) is 4.98 Å². The number of aromatic nitrogens is 2. The third-order valence-electron chi connectivity index (χ3n) is 6.67. The van der Waals surface area contributed by atoms with Gasteiger partial charge in [-0.1, -0.05) is 26.0 Å². The van der Waals surface area contributed by atoms with E-state index in [9.17, 15) is 23.6 Å². The molecule has 0 spiro atoms. The molecule has 1 aromatic heterocycles. The Bertz CT molecular complexity index is 1190. The van der Waals surface area contributed by atoms with E-state index in [0.717, 1.165) is 52.5 Å². The molecule has 0 unspecified atom stereocenters. The van der Waals surface area contributed by atoms with E-state index in [1.54, 1.807) is 5.01 Å². The molecule has 10 nitrogen and oxygen atoms in total. The topological polar surface area (TPSA) is 115 Å². The number of nitrogens with one attached hydrogen (secondary N) is 1. The lowest BCUT2D eigenvalue weighted by Gasteiger charge is -2.35. The van der Waals surface area contributed by atoms with Crippen molar-refractivity contribution in [2.45, 2.75) is 59.0 Å². The van der Waals surface area contributed by atoms with Crippen molar-refractivity contribution in [1.82, 2.24) is 25.2 Å². The average molecular weight is 653 g/mol. The number of anilines is 1. The van der Waals surface area contributed by atoms with E-state index >= 15 is 0 Å². The van der Waals surface area contributed by atoms with Gasteiger partial charge in [-0.3, -0.25) is 24.9 Å². The van der Waals surface area contributed by atoms with E-state index in [4.69, 9.17) is 4.74 Å². The molecule has 2 saturated heterocycles. The number of carbonyl (C=O) groups excluding carboxylic acids is 2. The molecule has 1 amide bonds. The van der Waals surface area contributed by atoms with Crippen molar-refractivity contribution >= 4 is 33.4 Å². The minimum Gasteiger partial charge on any atom is -0.381 e. The van der Waals surface area contributed by atoms with Crippen molar-refractivity contribution in [2.24, 2.45) is 0 Å². The summed E-state index contributed by atoms with van der Waals surface area (Å²) in [6.07, 6.45) is 3.01. The number of alkyl halides is 2. The Balaban J connectivity index is 0.000000601. The molecule has 0 aliphatic carbocycles. The van der Waals surface area contributed by atoms with Gasteiger partial charge in [0.15, 0.2) is 11.6 Å². The van der Waals surface area contributed by atoms with Crippen LogP contribution in [0.15, 0.2) is 34.9 Å². The maximum Gasteiger partial charge on any atom is 0.302 e. The summed E-state index contributed by atoms with van der Waals surface area (Å²) in [7, 11) is 2.15. The molecule has 2 aromatic rings. The molecular formula is C29H40BrF2N7O3. The van der Waals surface area contributed by atoms with E-state index in [1.807, 2.05) is 44.2 Å². The molecule has 1 N–H and O–H groups in total. The number of nitriles is 1. The van der Waals surface area contributed by atoms with Gasteiger partial charge in [0.05, 0.1) is 10.5 Å². The zero-order valence-corrected chi connectivity index (χ0v) is 26.5. The van der Waals surface area contributed by atoms with Crippen LogP contribution in [0.5, 0.6) is 0 Å². The van der Waals surface area contributed by atoms with Crippen LogP contribution < -0.4 is 10.4 Å². The fourth-order valence-corrected chi connectivity index (χ4v) is 4.42. The van der Waals surface area contributed by atoms with E-state index < -0.39 is 11.7 Å². The quantitative estimate of drug-likeness (QED) is 0.434. The number of rotatable bonds is 7. The zero-order valence-electron chi connectivity index (χ0n) is 24.9. The number of likely N-dealkylation sites (N-methyl/N-ethyl adjacent to an activating group) is 1. The summed E-state index contributed by atoms with van der Waals surface area (Å²) in [5, 5.41) is 11.0. The van der Waals surface area contributed by atoms with Crippen LogP contribution in [-0.2, 0) is 16.1 Å². The average Bonchev–Trinajstić information content (AvgIpc) is 2.99. The normalized spacial score (nSPS) is 16.2. The third kappa shape index (κ3) is 11.0. The SMILES string of the molecule is CC.CC(=O)C(C)(F)F.CN1CCN(Cc2ccc(C(=O)NN(c3nc(C#N)ncc3Br)C3CCOCC3)cc2)CC1. The van der Waals surface area contributed by atoms with Crippen LogP contribution in [-0.4, -0.2) is 89.9 Å². The Labute approximate surface area is 255 Å². The molecule has 4 rings (SSSR count). The maximum atomic E-state index is 13.2. The van der Waals surface area contributed by atoms with Crippen molar-refractivity contribution in [3.63, 3.8) is 0 Å². The number of hydrazine groups is 1. The summed E-state index contributed by atoms with van der Waals surface area (Å²) in [6, 6.07) is 9.71. The van der Waals surface area contributed by atoms with Crippen molar-refractivity contribution < 1.29 is 23.1 Å². The molecule has 2 aliphatic rings. The minimum atomic E-state index is -3.14. The summed E-state index contributed by atoms with van der Waals surface area (Å²) in [5.41, 5.74) is 4.77. The number of carbonyl (C=O) groups is 2. The smallest absolute Gasteiger partial charge is 0.302 e. The first-order valence-corrected chi connectivity index (χ1v) is 14.8. The summed E-state index contributed by atoms with van der Waals surface area (Å²) in [6.45, 7) is 11.8. The number of Topliss-reactive ketones (excluding diaryl/α,β-unsaturated/α-hetero) is 1. The van der Waals surface area contributed by atoms with Crippen LogP contribution in [0.4, 0.5) is 14.6 Å². The fraction of sp³-hybridized carbons (Fsp3) is 0.552. The molecule has 2 aliphatic heterocycles. The molecule has 42 heavy (non-hydrogen) atoms. The Morgan fingerprint density at radius 1 is 1.17 bits per heavy atom. The van der Waals surface area contributed by atoms with Gasteiger partial charge < -0.3 is 9.64 Å². The predicted octanol–water partition coefficient (Wildman–Crippen LogP) is 4.45. The van der Waals surface area contributed by atoms with Gasteiger partial charge in [0.1, 0.15) is 6.07 Å². The van der Waals surface area contributed by atoms with Gasteiger partial charge in [0.2, 0.25) is 5.82 Å². The highest BCUT2D eigenvalue weighted by Gasteiger charge is 2.28. The Hall–Kier alpha value is -3.05. The second-order valence-electron chi connectivity index (χ2n) is 9.85. The number of hydrogen-bond acceptors (Lipinski definition) is 9. The molecule has 0 saturated carbocycles. The number of piperazine rings is 1. The third-order valence-corrected chi connectivity index (χ3v) is 7.23. The van der Waals surface area contributed by atoms with Crippen LogP contribution in [0.1, 0.15) is 62.3 Å². The van der Waals surface area contributed by atoms with Gasteiger partial charge in [-0.05, 0) is 53.5 Å². The van der Waals surface area contributed by atoms with Gasteiger partial charge in [0, 0.05) is 71.5 Å². The van der Waals surface area contributed by atoms with Gasteiger partial charge in [-0.15, -0.1) is 0 Å². The highest BCUT2D eigenvalue weighted by Crippen LogP contribution is 2.27. The number of hydrogen-bond donors (Lipinski definition) is 1. The fourth-order valence-electron chi connectivity index (χ4n) is 4.04. The molecule has 1 aromatic carbocycles. The summed E-state index contributed by atoms with van der Waals surface area (Å²) in [5.74, 6) is -3.94. The van der Waals surface area contributed by atoms with Crippen LogP contribution >= 0.6 is 15.9 Å². The Morgan fingerprint density at radius 3 is 2.26 bits per heavy atom. The standard InChI is InChI=1S/C23H28BrN7O2.C4H6F2O.C2H6/c1-29-8-10-30(11-9-29)16-17-2-4-18(5-3-17)23(32)28-31(19-6-12-33-13-7-19)22-20(24)15-26-21(14-25)27-22;1-3(7)4(2,5)6;1-2/h2-5,15,19H,6-13,16H2,1H3,(H,28,32);1-2H3;1-2H3. The molecular weight excluding hydrogens is 612 g/mol. The van der Waals surface area contributed by atoms with Gasteiger partial charge >= 0.3 is 5.92 Å². The van der Waals surface area contributed by atoms with Crippen molar-refractivity contribution in [3.05, 3.63) is 51.9 Å². The highest BCUT2D eigenvalue weighted by atomic mass is 79.9. The molecule has 230 valence electrons. The van der Waals surface area contributed by atoms with Crippen LogP contribution in [0.2, 0.25) is 0 Å². The van der Waals surface area contributed by atoms with Crippen molar-refractivity contribution in [2.75, 3.05) is 51.4 Å². The van der Waals surface area contributed by atoms with E-state index in [0.29, 0.717) is 36.0 Å². The monoisotopic (exact) mass is 651 g/mol. The molecule has 0 bridgehead atoms. The number of halogens is 3. The Kier molecular flexibility index (Phi) is 14.4. The summed E-state index contributed by atoms with van der Waals surface area (Å²) < 4.78 is 29.1. The lowest BCUT2D eigenvalue weighted by atomic mass is 10.1. The summed E-state index contributed by atoms with van der Waals surface area (Å²) in [4.78, 5) is 36.0. The molecule has 13 heteroatoms. The van der Waals surface area contributed by atoms with E-state index in [1.165, 1.54) is 11.8 Å². The molecule has 2 fully saturated rings. The van der Waals surface area contributed by atoms with Gasteiger partial charge in [0.25, 0.3) is 5.91 Å². The van der Waals surface area contributed by atoms with E-state index in [-0.39, 0.29) is 17.8 Å². The molecule has 0 atom stereocenters. The van der Waals surface area contributed by atoms with Gasteiger partial charge in [-0.2, -0.15) is 19.0 Å². The highest BCUT2D eigenvalue weighted by molar-refractivity contribution is 9.10. The lowest BCUT2D eigenvalue weighted by Crippen LogP contribution is -2.51. The predicted molar refractivity (Wildman–Crippen MR) is 160 cm³/mol. The second kappa shape index (κ2) is 17.2. The summed E-state index contributed by atoms with van der Waals surface area (Å²) >= 11 is 3.47. The first-order chi connectivity index (χ1) is 20.0. The van der Waals surface area contributed by atoms with Crippen LogP contribution in [0.25, 0.3) is 0 Å². The zero-order chi connectivity index (χ0) is 31.3. The first-order valence-electron chi connectivity index (χ1n) is 14.0. The number of benzene rings is 1. The Morgan fingerprint density at radius 2 is 1.74 bits per heavy atom.